The number of aromatic nitrogens is 1. The highest BCUT2D eigenvalue weighted by atomic mass is 32.1. The monoisotopic (exact) mass is 371 g/mol. The maximum absolute atomic E-state index is 12.7. The van der Waals surface area contributed by atoms with Crippen molar-refractivity contribution < 1.29 is 22.8 Å². The van der Waals surface area contributed by atoms with Crippen molar-refractivity contribution >= 4 is 28.3 Å². The van der Waals surface area contributed by atoms with Crippen molar-refractivity contribution in [3.63, 3.8) is 0 Å². The molecule has 2 aromatic rings. The number of thiazole rings is 1. The van der Waals surface area contributed by atoms with Gasteiger partial charge in [0, 0.05) is 17.0 Å². The lowest BCUT2D eigenvalue weighted by Crippen LogP contribution is -2.32. The number of hydrogen-bond acceptors (Lipinski definition) is 4. The van der Waals surface area contributed by atoms with Crippen LogP contribution in [0.3, 0.4) is 0 Å². The van der Waals surface area contributed by atoms with Gasteiger partial charge in [-0.05, 0) is 31.5 Å². The Bertz CT molecular complexity index is 774. The topological polar surface area (TPSA) is 71.1 Å². The van der Waals surface area contributed by atoms with Gasteiger partial charge in [-0.25, -0.2) is 4.98 Å². The fourth-order valence-corrected chi connectivity index (χ4v) is 2.53. The van der Waals surface area contributed by atoms with Gasteiger partial charge in [0.2, 0.25) is 0 Å². The first-order valence-electron chi connectivity index (χ1n) is 7.45. The molecule has 0 unspecified atom stereocenters. The van der Waals surface area contributed by atoms with Gasteiger partial charge in [0.1, 0.15) is 5.69 Å². The predicted molar refractivity (Wildman–Crippen MR) is 88.7 cm³/mol. The van der Waals surface area contributed by atoms with Gasteiger partial charge >= 0.3 is 6.18 Å². The van der Waals surface area contributed by atoms with Crippen LogP contribution in [0.15, 0.2) is 29.6 Å². The number of carbonyl (C=O) groups is 2. The summed E-state index contributed by atoms with van der Waals surface area (Å²) in [6, 6.07) is 4.06. The van der Waals surface area contributed by atoms with Gasteiger partial charge in [0.15, 0.2) is 5.13 Å². The minimum Gasteiger partial charge on any atom is -0.348 e. The van der Waals surface area contributed by atoms with Gasteiger partial charge in [0.05, 0.1) is 5.56 Å². The van der Waals surface area contributed by atoms with E-state index in [1.807, 2.05) is 13.8 Å². The van der Waals surface area contributed by atoms with Crippen LogP contribution in [0.4, 0.5) is 18.3 Å². The molecule has 0 aliphatic carbocycles. The lowest BCUT2D eigenvalue weighted by molar-refractivity contribution is -0.137. The SMILES string of the molecule is CC[C@@H](C)NC(=O)c1csc(NC(=O)c2cccc(C(F)(F)F)c2)n1. The van der Waals surface area contributed by atoms with Gasteiger partial charge in [0.25, 0.3) is 11.8 Å². The summed E-state index contributed by atoms with van der Waals surface area (Å²) in [5.74, 6) is -1.10. The van der Waals surface area contributed by atoms with E-state index in [2.05, 4.69) is 15.6 Å². The van der Waals surface area contributed by atoms with E-state index in [4.69, 9.17) is 0 Å². The molecule has 0 bridgehead atoms. The number of benzene rings is 1. The highest BCUT2D eigenvalue weighted by Crippen LogP contribution is 2.29. The third-order valence-electron chi connectivity index (χ3n) is 3.40. The van der Waals surface area contributed by atoms with Crippen LogP contribution in [0, 0.1) is 0 Å². The molecule has 0 radical (unpaired) electrons. The second-order valence-corrected chi connectivity index (χ2v) is 6.21. The van der Waals surface area contributed by atoms with E-state index in [9.17, 15) is 22.8 Å². The maximum atomic E-state index is 12.7. The molecule has 0 fully saturated rings. The van der Waals surface area contributed by atoms with Crippen LogP contribution < -0.4 is 10.6 Å². The summed E-state index contributed by atoms with van der Waals surface area (Å²) in [6.45, 7) is 3.77. The first kappa shape index (κ1) is 18.9. The van der Waals surface area contributed by atoms with E-state index in [0.29, 0.717) is 0 Å². The fraction of sp³-hybridized carbons (Fsp3) is 0.312. The summed E-state index contributed by atoms with van der Waals surface area (Å²) in [5.41, 5.74) is -0.909. The average Bonchev–Trinajstić information content (AvgIpc) is 3.02. The number of hydrogen-bond donors (Lipinski definition) is 2. The van der Waals surface area contributed by atoms with Gasteiger partial charge in [-0.3, -0.25) is 14.9 Å². The number of amides is 2. The zero-order valence-electron chi connectivity index (χ0n) is 13.5. The summed E-state index contributed by atoms with van der Waals surface area (Å²) in [5, 5.41) is 6.74. The normalized spacial score (nSPS) is 12.5. The number of carbonyl (C=O) groups excluding carboxylic acids is 2. The van der Waals surface area contributed by atoms with Crippen LogP contribution in [0.25, 0.3) is 0 Å². The Labute approximate surface area is 146 Å². The second-order valence-electron chi connectivity index (χ2n) is 5.35. The van der Waals surface area contributed by atoms with E-state index in [1.165, 1.54) is 11.4 Å². The van der Waals surface area contributed by atoms with E-state index < -0.39 is 17.6 Å². The molecule has 1 aromatic carbocycles. The number of rotatable bonds is 5. The van der Waals surface area contributed by atoms with Gasteiger partial charge in [-0.1, -0.05) is 13.0 Å². The standard InChI is InChI=1S/C16H16F3N3O2S/c1-3-9(2)20-14(24)12-8-25-15(21-12)22-13(23)10-5-4-6-11(7-10)16(17,18)19/h4-9H,3H2,1-2H3,(H,20,24)(H,21,22,23)/t9-/m1/s1. The Kier molecular flexibility index (Phi) is 5.78. The van der Waals surface area contributed by atoms with Crippen LogP contribution in [-0.4, -0.2) is 22.8 Å². The summed E-state index contributed by atoms with van der Waals surface area (Å²) in [6.07, 6.45) is -3.77. The lowest BCUT2D eigenvalue weighted by atomic mass is 10.1. The number of nitrogens with zero attached hydrogens (tertiary/aromatic N) is 1. The van der Waals surface area contributed by atoms with Gasteiger partial charge in [-0.15, -0.1) is 11.3 Å². The van der Waals surface area contributed by atoms with Crippen LogP contribution >= 0.6 is 11.3 Å². The van der Waals surface area contributed by atoms with E-state index in [-0.39, 0.29) is 28.3 Å². The number of halogens is 3. The number of nitrogens with one attached hydrogen (secondary N) is 2. The molecule has 0 aliphatic heterocycles. The summed E-state index contributed by atoms with van der Waals surface area (Å²) in [4.78, 5) is 28.0. The smallest absolute Gasteiger partial charge is 0.348 e. The third kappa shape index (κ3) is 5.02. The highest BCUT2D eigenvalue weighted by Gasteiger charge is 2.31. The Morgan fingerprint density at radius 2 is 2.00 bits per heavy atom. The van der Waals surface area contributed by atoms with Crippen molar-refractivity contribution in [1.82, 2.24) is 10.3 Å². The Balaban J connectivity index is 2.08. The molecule has 0 saturated carbocycles. The highest BCUT2D eigenvalue weighted by molar-refractivity contribution is 7.14. The average molecular weight is 371 g/mol. The zero-order valence-corrected chi connectivity index (χ0v) is 14.3. The Hall–Kier alpha value is -2.42. The molecule has 1 atom stereocenters. The van der Waals surface area contributed by atoms with Crippen molar-refractivity contribution in [2.24, 2.45) is 0 Å². The molecule has 2 N–H and O–H groups in total. The van der Waals surface area contributed by atoms with E-state index in [0.717, 1.165) is 36.0 Å². The van der Waals surface area contributed by atoms with Crippen LogP contribution in [0.1, 0.15) is 46.7 Å². The number of alkyl halides is 3. The minimum atomic E-state index is -4.53. The van der Waals surface area contributed by atoms with Crippen LogP contribution in [-0.2, 0) is 6.18 Å². The third-order valence-corrected chi connectivity index (χ3v) is 4.16. The maximum Gasteiger partial charge on any atom is 0.416 e. The molecule has 0 saturated heterocycles. The molecule has 1 heterocycles. The lowest BCUT2D eigenvalue weighted by Gasteiger charge is -2.09. The molecular weight excluding hydrogens is 355 g/mol. The van der Waals surface area contributed by atoms with E-state index in [1.54, 1.807) is 0 Å². The van der Waals surface area contributed by atoms with Crippen molar-refractivity contribution in [2.45, 2.75) is 32.5 Å². The quantitative estimate of drug-likeness (QED) is 0.836. The van der Waals surface area contributed by atoms with Crippen molar-refractivity contribution in [3.8, 4) is 0 Å². The first-order chi connectivity index (χ1) is 11.7. The van der Waals surface area contributed by atoms with Crippen molar-refractivity contribution in [3.05, 3.63) is 46.5 Å². The summed E-state index contributed by atoms with van der Waals surface area (Å²) in [7, 11) is 0. The largest absolute Gasteiger partial charge is 0.416 e. The second kappa shape index (κ2) is 7.64. The molecule has 25 heavy (non-hydrogen) atoms. The van der Waals surface area contributed by atoms with Gasteiger partial charge in [-0.2, -0.15) is 13.2 Å². The molecule has 0 aliphatic rings. The fourth-order valence-electron chi connectivity index (χ4n) is 1.84. The van der Waals surface area contributed by atoms with Gasteiger partial charge < -0.3 is 5.32 Å². The predicted octanol–water partition coefficient (Wildman–Crippen LogP) is 3.94. The van der Waals surface area contributed by atoms with Crippen molar-refractivity contribution in [1.29, 1.82) is 0 Å². The molecular formula is C16H16F3N3O2S. The zero-order chi connectivity index (χ0) is 18.6. The molecule has 134 valence electrons. The van der Waals surface area contributed by atoms with Crippen LogP contribution in [0.5, 0.6) is 0 Å². The molecule has 0 spiro atoms. The molecule has 2 amide bonds. The molecule has 2 rings (SSSR count). The molecule has 9 heteroatoms. The number of anilines is 1. The van der Waals surface area contributed by atoms with Crippen molar-refractivity contribution in [2.75, 3.05) is 5.32 Å². The Morgan fingerprint density at radius 3 is 2.64 bits per heavy atom. The molecule has 5 nitrogen and oxygen atoms in total. The summed E-state index contributed by atoms with van der Waals surface area (Å²) < 4.78 is 38.1. The first-order valence-corrected chi connectivity index (χ1v) is 8.33. The van der Waals surface area contributed by atoms with E-state index >= 15 is 0 Å². The Morgan fingerprint density at radius 1 is 1.28 bits per heavy atom. The van der Waals surface area contributed by atoms with Crippen LogP contribution in [0.2, 0.25) is 0 Å². The minimum absolute atomic E-state index is 0.0163. The summed E-state index contributed by atoms with van der Waals surface area (Å²) >= 11 is 1.02. The molecule has 1 aromatic heterocycles.